The third-order valence-electron chi connectivity index (χ3n) is 5.92. The molecule has 9 nitrogen and oxygen atoms in total. The molecule has 0 bridgehead atoms. The van der Waals surface area contributed by atoms with Gasteiger partial charge < -0.3 is 24.2 Å². The zero-order valence-electron chi connectivity index (χ0n) is 18.2. The van der Waals surface area contributed by atoms with Gasteiger partial charge in [-0.3, -0.25) is 9.59 Å². The standard InChI is InChI=1S/C24H24N4O5/c1-2-21(29)25-18-5-3-4-16(12-18)22-26-23(33-27-22)15-8-10-28(11-9-15)24(30)17-6-7-19-20(13-17)32-14-31-19/h3-7,12-13,15H,2,8-11,14H2,1H3,(H,25,29). The molecular formula is C24H24N4O5. The summed E-state index contributed by atoms with van der Waals surface area (Å²) in [5.74, 6) is 2.34. The normalized spacial score (nSPS) is 15.5. The van der Waals surface area contributed by atoms with Crippen molar-refractivity contribution in [2.75, 3.05) is 25.2 Å². The molecule has 0 atom stereocenters. The van der Waals surface area contributed by atoms with Gasteiger partial charge in [0.05, 0.1) is 0 Å². The van der Waals surface area contributed by atoms with E-state index in [0.717, 1.165) is 18.4 Å². The summed E-state index contributed by atoms with van der Waals surface area (Å²) in [7, 11) is 0. The fourth-order valence-corrected chi connectivity index (χ4v) is 4.05. The van der Waals surface area contributed by atoms with Crippen molar-refractivity contribution < 1.29 is 23.6 Å². The Hall–Kier alpha value is -3.88. The van der Waals surface area contributed by atoms with E-state index in [0.29, 0.717) is 54.0 Å². The molecule has 1 fully saturated rings. The molecule has 9 heteroatoms. The van der Waals surface area contributed by atoms with E-state index in [-0.39, 0.29) is 24.5 Å². The zero-order chi connectivity index (χ0) is 22.8. The maximum absolute atomic E-state index is 12.9. The van der Waals surface area contributed by atoms with Crippen molar-refractivity contribution in [2.24, 2.45) is 0 Å². The summed E-state index contributed by atoms with van der Waals surface area (Å²) in [6, 6.07) is 12.6. The lowest BCUT2D eigenvalue weighted by Gasteiger charge is -2.30. The van der Waals surface area contributed by atoms with Gasteiger partial charge in [0.1, 0.15) is 0 Å². The van der Waals surface area contributed by atoms with Crippen LogP contribution in [0.15, 0.2) is 47.0 Å². The first-order valence-electron chi connectivity index (χ1n) is 11.0. The first-order valence-corrected chi connectivity index (χ1v) is 11.0. The summed E-state index contributed by atoms with van der Waals surface area (Å²) >= 11 is 0. The van der Waals surface area contributed by atoms with Crippen molar-refractivity contribution in [3.8, 4) is 22.9 Å². The summed E-state index contributed by atoms with van der Waals surface area (Å²) < 4.78 is 16.2. The van der Waals surface area contributed by atoms with Crippen molar-refractivity contribution in [1.82, 2.24) is 15.0 Å². The van der Waals surface area contributed by atoms with E-state index in [2.05, 4.69) is 15.5 Å². The Morgan fingerprint density at radius 3 is 2.73 bits per heavy atom. The first kappa shape index (κ1) is 21.0. The Balaban J connectivity index is 1.22. The highest BCUT2D eigenvalue weighted by atomic mass is 16.7. The van der Waals surface area contributed by atoms with Crippen LogP contribution in [0.25, 0.3) is 11.4 Å². The van der Waals surface area contributed by atoms with Gasteiger partial charge in [0.25, 0.3) is 5.91 Å². The maximum Gasteiger partial charge on any atom is 0.253 e. The van der Waals surface area contributed by atoms with Crippen LogP contribution < -0.4 is 14.8 Å². The number of amides is 2. The minimum absolute atomic E-state index is 0.0242. The number of aromatic nitrogens is 2. The Bertz CT molecular complexity index is 1180. The van der Waals surface area contributed by atoms with Gasteiger partial charge in [-0.15, -0.1) is 0 Å². The third kappa shape index (κ3) is 4.39. The minimum Gasteiger partial charge on any atom is -0.454 e. The van der Waals surface area contributed by atoms with Crippen LogP contribution in [0.2, 0.25) is 0 Å². The molecule has 2 aliphatic heterocycles. The topological polar surface area (TPSA) is 107 Å². The molecule has 1 N–H and O–H groups in total. The highest BCUT2D eigenvalue weighted by molar-refractivity contribution is 5.95. The molecule has 0 radical (unpaired) electrons. The maximum atomic E-state index is 12.9. The Labute approximate surface area is 190 Å². The smallest absolute Gasteiger partial charge is 0.253 e. The van der Waals surface area contributed by atoms with Crippen molar-refractivity contribution >= 4 is 17.5 Å². The molecule has 170 valence electrons. The molecule has 0 aliphatic carbocycles. The van der Waals surface area contributed by atoms with Gasteiger partial charge in [-0.05, 0) is 43.2 Å². The summed E-state index contributed by atoms with van der Waals surface area (Å²) in [4.78, 5) is 31.0. The number of nitrogens with one attached hydrogen (secondary N) is 1. The van der Waals surface area contributed by atoms with Crippen LogP contribution >= 0.6 is 0 Å². The minimum atomic E-state index is -0.0528. The van der Waals surface area contributed by atoms with Gasteiger partial charge in [-0.25, -0.2) is 0 Å². The van der Waals surface area contributed by atoms with Gasteiger partial charge in [0.15, 0.2) is 11.5 Å². The predicted molar refractivity (Wildman–Crippen MR) is 119 cm³/mol. The number of piperidine rings is 1. The number of benzene rings is 2. The quantitative estimate of drug-likeness (QED) is 0.632. The summed E-state index contributed by atoms with van der Waals surface area (Å²) in [5, 5.41) is 6.97. The van der Waals surface area contributed by atoms with Gasteiger partial charge in [0.2, 0.25) is 24.4 Å². The molecule has 0 saturated carbocycles. The number of rotatable bonds is 5. The molecule has 2 amide bonds. The fourth-order valence-electron chi connectivity index (χ4n) is 4.05. The third-order valence-corrected chi connectivity index (χ3v) is 5.92. The van der Waals surface area contributed by atoms with Crippen LogP contribution in [0.1, 0.15) is 48.4 Å². The van der Waals surface area contributed by atoms with Crippen LogP contribution in [-0.4, -0.2) is 46.7 Å². The molecule has 1 aromatic heterocycles. The van der Waals surface area contributed by atoms with E-state index < -0.39 is 0 Å². The Kier molecular flexibility index (Phi) is 5.68. The van der Waals surface area contributed by atoms with Crippen LogP contribution in [0.5, 0.6) is 11.5 Å². The number of anilines is 1. The van der Waals surface area contributed by atoms with Crippen LogP contribution in [0.3, 0.4) is 0 Å². The Morgan fingerprint density at radius 1 is 1.09 bits per heavy atom. The number of fused-ring (bicyclic) bond motifs is 1. The van der Waals surface area contributed by atoms with Gasteiger partial charge in [0, 0.05) is 42.2 Å². The van der Waals surface area contributed by atoms with Crippen molar-refractivity contribution in [1.29, 1.82) is 0 Å². The van der Waals surface area contributed by atoms with E-state index in [1.54, 1.807) is 25.1 Å². The Morgan fingerprint density at radius 2 is 1.91 bits per heavy atom. The molecular weight excluding hydrogens is 424 g/mol. The molecule has 2 aromatic carbocycles. The lowest BCUT2D eigenvalue weighted by molar-refractivity contribution is -0.115. The SMILES string of the molecule is CCC(=O)Nc1cccc(-c2noc(C3CCN(C(=O)c4ccc5c(c4)OCO5)CC3)n2)c1. The lowest BCUT2D eigenvalue weighted by atomic mass is 9.96. The molecule has 3 heterocycles. The largest absolute Gasteiger partial charge is 0.454 e. The monoisotopic (exact) mass is 448 g/mol. The molecule has 33 heavy (non-hydrogen) atoms. The van der Waals surface area contributed by atoms with Crippen molar-refractivity contribution in [3.05, 3.63) is 53.9 Å². The fraction of sp³-hybridized carbons (Fsp3) is 0.333. The highest BCUT2D eigenvalue weighted by Gasteiger charge is 2.29. The molecule has 3 aromatic rings. The summed E-state index contributed by atoms with van der Waals surface area (Å²) in [6.45, 7) is 3.20. The summed E-state index contributed by atoms with van der Waals surface area (Å²) in [5.41, 5.74) is 2.06. The van der Waals surface area contributed by atoms with E-state index in [1.165, 1.54) is 0 Å². The average molecular weight is 448 g/mol. The number of nitrogens with zero attached hydrogens (tertiary/aromatic N) is 3. The van der Waals surface area contributed by atoms with E-state index in [1.807, 2.05) is 29.2 Å². The van der Waals surface area contributed by atoms with Crippen LogP contribution in [0, 0.1) is 0 Å². The highest BCUT2D eigenvalue weighted by Crippen LogP contribution is 2.34. The lowest BCUT2D eigenvalue weighted by Crippen LogP contribution is -2.38. The van der Waals surface area contributed by atoms with Gasteiger partial charge in [-0.2, -0.15) is 4.98 Å². The average Bonchev–Trinajstić information content (AvgIpc) is 3.53. The number of carbonyl (C=O) groups is 2. The van der Waals surface area contributed by atoms with E-state index in [4.69, 9.17) is 14.0 Å². The van der Waals surface area contributed by atoms with Crippen LogP contribution in [-0.2, 0) is 4.79 Å². The zero-order valence-corrected chi connectivity index (χ0v) is 18.2. The number of hydrogen-bond donors (Lipinski definition) is 1. The van der Waals surface area contributed by atoms with Gasteiger partial charge in [-0.1, -0.05) is 24.2 Å². The molecule has 2 aliphatic rings. The number of carbonyl (C=O) groups excluding carboxylic acids is 2. The van der Waals surface area contributed by atoms with E-state index >= 15 is 0 Å². The summed E-state index contributed by atoms with van der Waals surface area (Å²) in [6.07, 6.45) is 1.89. The molecule has 0 unspecified atom stereocenters. The molecule has 1 saturated heterocycles. The van der Waals surface area contributed by atoms with Gasteiger partial charge >= 0.3 is 0 Å². The molecule has 0 spiro atoms. The van der Waals surface area contributed by atoms with Crippen molar-refractivity contribution in [2.45, 2.75) is 32.1 Å². The molecule has 5 rings (SSSR count). The van der Waals surface area contributed by atoms with Crippen LogP contribution in [0.4, 0.5) is 5.69 Å². The second-order valence-electron chi connectivity index (χ2n) is 8.07. The number of ether oxygens (including phenoxy) is 2. The van der Waals surface area contributed by atoms with E-state index in [9.17, 15) is 9.59 Å². The predicted octanol–water partition coefficient (Wildman–Crippen LogP) is 3.83. The first-order chi connectivity index (χ1) is 16.1. The number of likely N-dealkylation sites (tertiary alicyclic amines) is 1. The van der Waals surface area contributed by atoms with Crippen molar-refractivity contribution in [3.63, 3.8) is 0 Å². The second-order valence-corrected chi connectivity index (χ2v) is 8.07. The second kappa shape index (κ2) is 8.93. The number of hydrogen-bond acceptors (Lipinski definition) is 7.